The SMILES string of the molecule is CCCCS(=O)(=O)N1CCN(C)C(=O)C1. The smallest absolute Gasteiger partial charge is 0.237 e. The zero-order chi connectivity index (χ0) is 11.5. The Morgan fingerprint density at radius 3 is 2.53 bits per heavy atom. The van der Waals surface area contributed by atoms with Crippen molar-refractivity contribution in [2.75, 3.05) is 32.4 Å². The quantitative estimate of drug-likeness (QED) is 0.682. The molecule has 1 rings (SSSR count). The minimum absolute atomic E-state index is 0.00253. The van der Waals surface area contributed by atoms with Gasteiger partial charge in [-0.1, -0.05) is 13.3 Å². The van der Waals surface area contributed by atoms with Crippen LogP contribution in [0, 0.1) is 0 Å². The lowest BCUT2D eigenvalue weighted by Gasteiger charge is -2.31. The van der Waals surface area contributed by atoms with E-state index in [0.29, 0.717) is 19.5 Å². The highest BCUT2D eigenvalue weighted by atomic mass is 32.2. The van der Waals surface area contributed by atoms with Crippen molar-refractivity contribution in [3.63, 3.8) is 0 Å². The molecule has 0 aromatic rings. The Morgan fingerprint density at radius 1 is 1.33 bits per heavy atom. The maximum absolute atomic E-state index is 11.8. The highest BCUT2D eigenvalue weighted by molar-refractivity contribution is 7.89. The Bertz CT molecular complexity index is 326. The summed E-state index contributed by atoms with van der Waals surface area (Å²) in [5.41, 5.74) is 0. The van der Waals surface area contributed by atoms with Crippen molar-refractivity contribution < 1.29 is 13.2 Å². The zero-order valence-corrected chi connectivity index (χ0v) is 10.1. The summed E-state index contributed by atoms with van der Waals surface area (Å²) in [4.78, 5) is 12.9. The van der Waals surface area contributed by atoms with Gasteiger partial charge in [-0.2, -0.15) is 4.31 Å². The van der Waals surface area contributed by atoms with Gasteiger partial charge in [0.1, 0.15) is 0 Å². The molecule has 6 heteroatoms. The van der Waals surface area contributed by atoms with Gasteiger partial charge < -0.3 is 4.90 Å². The van der Waals surface area contributed by atoms with Crippen LogP contribution in [-0.4, -0.2) is 56.0 Å². The summed E-state index contributed by atoms with van der Waals surface area (Å²) in [5, 5.41) is 0. The van der Waals surface area contributed by atoms with E-state index >= 15 is 0 Å². The van der Waals surface area contributed by atoms with Gasteiger partial charge in [-0.3, -0.25) is 4.79 Å². The molecule has 0 radical (unpaired) electrons. The largest absolute Gasteiger partial charge is 0.343 e. The van der Waals surface area contributed by atoms with Crippen molar-refractivity contribution in [1.29, 1.82) is 0 Å². The summed E-state index contributed by atoms with van der Waals surface area (Å²) < 4.78 is 24.8. The molecule has 1 heterocycles. The summed E-state index contributed by atoms with van der Waals surface area (Å²) >= 11 is 0. The molecular weight excluding hydrogens is 216 g/mol. The number of unbranched alkanes of at least 4 members (excludes halogenated alkanes) is 1. The zero-order valence-electron chi connectivity index (χ0n) is 9.27. The van der Waals surface area contributed by atoms with Gasteiger partial charge in [-0.05, 0) is 6.42 Å². The molecule has 0 aromatic heterocycles. The van der Waals surface area contributed by atoms with Crippen molar-refractivity contribution in [3.8, 4) is 0 Å². The third-order valence-electron chi connectivity index (χ3n) is 2.57. The Morgan fingerprint density at radius 2 is 2.00 bits per heavy atom. The molecular formula is C9H18N2O3S. The predicted molar refractivity (Wildman–Crippen MR) is 57.9 cm³/mol. The van der Waals surface area contributed by atoms with Gasteiger partial charge in [0.2, 0.25) is 15.9 Å². The lowest BCUT2D eigenvalue weighted by molar-refractivity contribution is -0.132. The molecule has 1 aliphatic heterocycles. The molecule has 0 N–H and O–H groups in total. The third kappa shape index (κ3) is 3.17. The number of hydrogen-bond acceptors (Lipinski definition) is 3. The van der Waals surface area contributed by atoms with Crippen LogP contribution in [0.2, 0.25) is 0 Å². The van der Waals surface area contributed by atoms with Crippen LogP contribution in [0.4, 0.5) is 0 Å². The number of carbonyl (C=O) groups is 1. The first-order valence-corrected chi connectivity index (χ1v) is 6.80. The maximum atomic E-state index is 11.8. The minimum atomic E-state index is -3.22. The summed E-state index contributed by atoms with van der Waals surface area (Å²) in [6.07, 6.45) is 1.50. The predicted octanol–water partition coefficient (Wildman–Crippen LogP) is -0.110. The van der Waals surface area contributed by atoms with Crippen LogP contribution in [0.15, 0.2) is 0 Å². The number of carbonyl (C=O) groups excluding carboxylic acids is 1. The molecule has 0 aliphatic carbocycles. The molecule has 0 unspecified atom stereocenters. The van der Waals surface area contributed by atoms with E-state index in [2.05, 4.69) is 0 Å². The number of rotatable bonds is 4. The number of piperazine rings is 1. The summed E-state index contributed by atoms with van der Waals surface area (Å²) in [6, 6.07) is 0. The normalized spacial score (nSPS) is 19.6. The fraction of sp³-hybridized carbons (Fsp3) is 0.889. The van der Waals surface area contributed by atoms with Crippen LogP contribution in [0.25, 0.3) is 0 Å². The highest BCUT2D eigenvalue weighted by Gasteiger charge is 2.29. The van der Waals surface area contributed by atoms with Gasteiger partial charge in [0.25, 0.3) is 0 Å². The van der Waals surface area contributed by atoms with E-state index in [4.69, 9.17) is 0 Å². The lowest BCUT2D eigenvalue weighted by atomic mass is 10.4. The highest BCUT2D eigenvalue weighted by Crippen LogP contribution is 2.09. The van der Waals surface area contributed by atoms with Crippen LogP contribution < -0.4 is 0 Å². The van der Waals surface area contributed by atoms with Crippen LogP contribution in [0.5, 0.6) is 0 Å². The van der Waals surface area contributed by atoms with Gasteiger partial charge in [-0.15, -0.1) is 0 Å². The van der Waals surface area contributed by atoms with Gasteiger partial charge >= 0.3 is 0 Å². The molecule has 0 aromatic carbocycles. The van der Waals surface area contributed by atoms with Gasteiger partial charge in [0, 0.05) is 20.1 Å². The molecule has 0 atom stereocenters. The topological polar surface area (TPSA) is 57.7 Å². The standard InChI is InChI=1S/C9H18N2O3S/c1-3-4-7-15(13,14)11-6-5-10(2)9(12)8-11/h3-8H2,1-2H3. The van der Waals surface area contributed by atoms with Gasteiger partial charge in [-0.25, -0.2) is 8.42 Å². The number of likely N-dealkylation sites (N-methyl/N-ethyl adjacent to an activating group) is 1. The number of hydrogen-bond donors (Lipinski definition) is 0. The monoisotopic (exact) mass is 234 g/mol. The maximum Gasteiger partial charge on any atom is 0.237 e. The molecule has 88 valence electrons. The Labute approximate surface area is 91.1 Å². The molecule has 0 spiro atoms. The van der Waals surface area contributed by atoms with E-state index in [1.165, 1.54) is 4.31 Å². The number of nitrogens with zero attached hydrogens (tertiary/aromatic N) is 2. The third-order valence-corrected chi connectivity index (χ3v) is 4.47. The molecule has 0 saturated carbocycles. The van der Waals surface area contributed by atoms with E-state index in [-0.39, 0.29) is 18.2 Å². The average molecular weight is 234 g/mol. The molecule has 5 nitrogen and oxygen atoms in total. The molecule has 1 saturated heterocycles. The Hall–Kier alpha value is -0.620. The molecule has 0 bridgehead atoms. The van der Waals surface area contributed by atoms with Crippen molar-refractivity contribution in [2.45, 2.75) is 19.8 Å². The first-order valence-electron chi connectivity index (χ1n) is 5.19. The second kappa shape index (κ2) is 4.94. The molecule has 1 aliphatic rings. The van der Waals surface area contributed by atoms with E-state index in [9.17, 15) is 13.2 Å². The summed E-state index contributed by atoms with van der Waals surface area (Å²) in [6.45, 7) is 2.87. The lowest BCUT2D eigenvalue weighted by Crippen LogP contribution is -2.51. The number of amides is 1. The minimum Gasteiger partial charge on any atom is -0.343 e. The van der Waals surface area contributed by atoms with Crippen LogP contribution in [-0.2, 0) is 14.8 Å². The van der Waals surface area contributed by atoms with Gasteiger partial charge in [0.05, 0.1) is 12.3 Å². The van der Waals surface area contributed by atoms with Gasteiger partial charge in [0.15, 0.2) is 0 Å². The van der Waals surface area contributed by atoms with Crippen LogP contribution in [0.3, 0.4) is 0 Å². The summed E-state index contributed by atoms with van der Waals surface area (Å²) in [5.74, 6) is 0.0295. The molecule has 15 heavy (non-hydrogen) atoms. The molecule has 1 amide bonds. The fourth-order valence-corrected chi connectivity index (χ4v) is 3.01. The Kier molecular flexibility index (Phi) is 4.10. The van der Waals surface area contributed by atoms with Crippen molar-refractivity contribution in [2.24, 2.45) is 0 Å². The van der Waals surface area contributed by atoms with E-state index in [0.717, 1.165) is 6.42 Å². The average Bonchev–Trinajstić information content (AvgIpc) is 2.19. The second-order valence-electron chi connectivity index (χ2n) is 3.82. The second-order valence-corrected chi connectivity index (χ2v) is 5.91. The number of sulfonamides is 1. The first-order chi connectivity index (χ1) is 6.97. The summed E-state index contributed by atoms with van der Waals surface area (Å²) in [7, 11) is -1.52. The van der Waals surface area contributed by atoms with Crippen molar-refractivity contribution >= 4 is 15.9 Å². The van der Waals surface area contributed by atoms with Crippen LogP contribution >= 0.6 is 0 Å². The first kappa shape index (κ1) is 12.4. The Balaban J connectivity index is 2.61. The van der Waals surface area contributed by atoms with E-state index in [1.54, 1.807) is 11.9 Å². The van der Waals surface area contributed by atoms with E-state index < -0.39 is 10.0 Å². The van der Waals surface area contributed by atoms with Crippen molar-refractivity contribution in [1.82, 2.24) is 9.21 Å². The van der Waals surface area contributed by atoms with Crippen molar-refractivity contribution in [3.05, 3.63) is 0 Å². The fourth-order valence-electron chi connectivity index (χ4n) is 1.43. The molecule has 1 fully saturated rings. The van der Waals surface area contributed by atoms with E-state index in [1.807, 2.05) is 6.92 Å². The van der Waals surface area contributed by atoms with Crippen LogP contribution in [0.1, 0.15) is 19.8 Å².